The molecule has 1 aromatic rings. The van der Waals surface area contributed by atoms with Crippen molar-refractivity contribution in [3.8, 4) is 12.3 Å². The van der Waals surface area contributed by atoms with Gasteiger partial charge in [0.25, 0.3) is 0 Å². The SMILES string of the molecule is C#CCS(=O)(=O)Cc1c(C)cc(C)cc1C. The van der Waals surface area contributed by atoms with Gasteiger partial charge in [-0.25, -0.2) is 8.42 Å². The van der Waals surface area contributed by atoms with Crippen molar-refractivity contribution >= 4 is 9.84 Å². The molecule has 2 nitrogen and oxygen atoms in total. The van der Waals surface area contributed by atoms with Gasteiger partial charge in [-0.3, -0.25) is 0 Å². The molecule has 0 amide bonds. The number of benzene rings is 1. The highest BCUT2D eigenvalue weighted by molar-refractivity contribution is 7.90. The summed E-state index contributed by atoms with van der Waals surface area (Å²) in [6.45, 7) is 5.86. The summed E-state index contributed by atoms with van der Waals surface area (Å²) in [6.07, 6.45) is 5.04. The maximum atomic E-state index is 11.6. The molecular formula is C13H16O2S. The Labute approximate surface area is 97.6 Å². The molecule has 0 radical (unpaired) electrons. The Bertz CT molecular complexity index is 511. The Morgan fingerprint density at radius 3 is 2.12 bits per heavy atom. The van der Waals surface area contributed by atoms with Crippen molar-refractivity contribution in [3.05, 3.63) is 34.4 Å². The Hall–Kier alpha value is -1.27. The van der Waals surface area contributed by atoms with E-state index < -0.39 is 9.84 Å². The van der Waals surface area contributed by atoms with E-state index in [1.54, 1.807) is 0 Å². The smallest absolute Gasteiger partial charge is 0.165 e. The zero-order chi connectivity index (χ0) is 12.3. The van der Waals surface area contributed by atoms with Crippen LogP contribution in [0.4, 0.5) is 0 Å². The predicted octanol–water partition coefficient (Wildman–Crippen LogP) is 2.16. The number of hydrogen-bond donors (Lipinski definition) is 0. The minimum atomic E-state index is -3.18. The summed E-state index contributed by atoms with van der Waals surface area (Å²) in [6, 6.07) is 3.99. The van der Waals surface area contributed by atoms with Crippen LogP contribution in [0.15, 0.2) is 12.1 Å². The van der Waals surface area contributed by atoms with Crippen LogP contribution in [0.1, 0.15) is 22.3 Å². The van der Waals surface area contributed by atoms with E-state index in [4.69, 9.17) is 6.42 Å². The average molecular weight is 236 g/mol. The number of sulfone groups is 1. The molecule has 0 N–H and O–H groups in total. The first-order chi connectivity index (χ1) is 7.35. The first-order valence-electron chi connectivity index (χ1n) is 5.06. The molecular weight excluding hydrogens is 220 g/mol. The van der Waals surface area contributed by atoms with E-state index in [2.05, 4.69) is 5.92 Å². The van der Waals surface area contributed by atoms with Crippen molar-refractivity contribution < 1.29 is 8.42 Å². The third-order valence-electron chi connectivity index (χ3n) is 2.51. The molecule has 0 aromatic heterocycles. The lowest BCUT2D eigenvalue weighted by molar-refractivity contribution is 0.598. The Morgan fingerprint density at radius 1 is 1.19 bits per heavy atom. The van der Waals surface area contributed by atoms with Crippen molar-refractivity contribution in [2.45, 2.75) is 26.5 Å². The van der Waals surface area contributed by atoms with E-state index in [0.717, 1.165) is 22.3 Å². The summed E-state index contributed by atoms with van der Waals surface area (Å²) in [7, 11) is -3.18. The molecule has 0 atom stereocenters. The summed E-state index contributed by atoms with van der Waals surface area (Å²) in [4.78, 5) is 0. The van der Waals surface area contributed by atoms with E-state index in [1.165, 1.54) is 0 Å². The molecule has 0 saturated heterocycles. The van der Waals surface area contributed by atoms with Crippen LogP contribution in [-0.2, 0) is 15.6 Å². The number of aryl methyl sites for hydroxylation is 3. The van der Waals surface area contributed by atoms with E-state index in [0.29, 0.717) is 0 Å². The molecule has 0 saturated carbocycles. The fourth-order valence-electron chi connectivity index (χ4n) is 1.84. The summed E-state index contributed by atoms with van der Waals surface area (Å²) in [5.41, 5.74) is 4.05. The van der Waals surface area contributed by atoms with Crippen LogP contribution in [0, 0.1) is 33.1 Å². The molecule has 0 spiro atoms. The summed E-state index contributed by atoms with van der Waals surface area (Å²) >= 11 is 0. The predicted molar refractivity (Wildman–Crippen MR) is 67.0 cm³/mol. The Morgan fingerprint density at radius 2 is 1.69 bits per heavy atom. The van der Waals surface area contributed by atoms with Crippen LogP contribution in [-0.4, -0.2) is 14.2 Å². The quantitative estimate of drug-likeness (QED) is 0.754. The zero-order valence-corrected chi connectivity index (χ0v) is 10.7. The van der Waals surface area contributed by atoms with Gasteiger partial charge in [0.2, 0.25) is 0 Å². The molecule has 86 valence electrons. The maximum Gasteiger partial charge on any atom is 0.165 e. The van der Waals surface area contributed by atoms with Crippen molar-refractivity contribution in [2.75, 3.05) is 5.75 Å². The Balaban J connectivity index is 3.13. The van der Waals surface area contributed by atoms with Gasteiger partial charge in [-0.05, 0) is 37.5 Å². The van der Waals surface area contributed by atoms with Gasteiger partial charge in [-0.15, -0.1) is 6.42 Å². The van der Waals surface area contributed by atoms with Crippen LogP contribution < -0.4 is 0 Å². The van der Waals surface area contributed by atoms with Gasteiger partial charge in [0.1, 0.15) is 5.75 Å². The largest absolute Gasteiger partial charge is 0.228 e. The van der Waals surface area contributed by atoms with E-state index in [-0.39, 0.29) is 11.5 Å². The van der Waals surface area contributed by atoms with Crippen LogP contribution in [0.2, 0.25) is 0 Å². The van der Waals surface area contributed by atoms with Gasteiger partial charge in [0.05, 0.1) is 5.75 Å². The zero-order valence-electron chi connectivity index (χ0n) is 9.87. The topological polar surface area (TPSA) is 34.1 Å². The van der Waals surface area contributed by atoms with E-state index in [1.807, 2.05) is 32.9 Å². The number of hydrogen-bond acceptors (Lipinski definition) is 2. The summed E-state index contributed by atoms with van der Waals surface area (Å²) in [5, 5.41) is 0. The molecule has 0 aliphatic rings. The first kappa shape index (κ1) is 12.8. The molecule has 0 fully saturated rings. The second kappa shape index (κ2) is 4.71. The van der Waals surface area contributed by atoms with Crippen LogP contribution >= 0.6 is 0 Å². The minimum absolute atomic E-state index is 0.0369. The average Bonchev–Trinajstić information content (AvgIpc) is 2.11. The lowest BCUT2D eigenvalue weighted by Crippen LogP contribution is -2.10. The highest BCUT2D eigenvalue weighted by Gasteiger charge is 2.14. The van der Waals surface area contributed by atoms with Crippen LogP contribution in [0.5, 0.6) is 0 Å². The van der Waals surface area contributed by atoms with Crippen molar-refractivity contribution in [2.24, 2.45) is 0 Å². The van der Waals surface area contributed by atoms with Gasteiger partial charge in [0.15, 0.2) is 9.84 Å². The molecule has 0 aliphatic heterocycles. The lowest BCUT2D eigenvalue weighted by Gasteiger charge is -2.10. The first-order valence-corrected chi connectivity index (χ1v) is 6.88. The van der Waals surface area contributed by atoms with Crippen molar-refractivity contribution in [3.63, 3.8) is 0 Å². The van der Waals surface area contributed by atoms with Gasteiger partial charge >= 0.3 is 0 Å². The van der Waals surface area contributed by atoms with Crippen LogP contribution in [0.3, 0.4) is 0 Å². The molecule has 0 aliphatic carbocycles. The van der Waals surface area contributed by atoms with Crippen molar-refractivity contribution in [1.82, 2.24) is 0 Å². The van der Waals surface area contributed by atoms with Crippen LogP contribution in [0.25, 0.3) is 0 Å². The monoisotopic (exact) mass is 236 g/mol. The van der Waals surface area contributed by atoms with Gasteiger partial charge in [-0.2, -0.15) is 0 Å². The Kier molecular flexibility index (Phi) is 3.77. The second-order valence-electron chi connectivity index (χ2n) is 4.11. The fraction of sp³-hybridized carbons (Fsp3) is 0.385. The van der Waals surface area contributed by atoms with Gasteiger partial charge in [-0.1, -0.05) is 23.6 Å². The van der Waals surface area contributed by atoms with E-state index >= 15 is 0 Å². The third kappa shape index (κ3) is 3.11. The molecule has 1 aromatic carbocycles. The molecule has 1 rings (SSSR count). The third-order valence-corrected chi connectivity index (χ3v) is 3.84. The minimum Gasteiger partial charge on any atom is -0.228 e. The van der Waals surface area contributed by atoms with Gasteiger partial charge in [0, 0.05) is 0 Å². The molecule has 0 heterocycles. The normalized spacial score (nSPS) is 11.1. The number of rotatable bonds is 3. The standard InChI is InChI=1S/C13H16O2S/c1-5-6-16(14,15)9-13-11(3)7-10(2)8-12(13)4/h1,7-8H,6,9H2,2-4H3. The molecule has 0 unspecified atom stereocenters. The molecule has 16 heavy (non-hydrogen) atoms. The molecule has 3 heteroatoms. The maximum absolute atomic E-state index is 11.6. The number of terminal acetylenes is 1. The highest BCUT2D eigenvalue weighted by atomic mass is 32.2. The summed E-state index contributed by atoms with van der Waals surface area (Å²) in [5.74, 6) is 2.03. The summed E-state index contributed by atoms with van der Waals surface area (Å²) < 4.78 is 23.3. The fourth-order valence-corrected chi connectivity index (χ4v) is 3.09. The molecule has 0 bridgehead atoms. The lowest BCUT2D eigenvalue weighted by atomic mass is 10.0. The highest BCUT2D eigenvalue weighted by Crippen LogP contribution is 2.19. The van der Waals surface area contributed by atoms with Crippen molar-refractivity contribution in [1.29, 1.82) is 0 Å². The van der Waals surface area contributed by atoms with Gasteiger partial charge < -0.3 is 0 Å². The van der Waals surface area contributed by atoms with E-state index in [9.17, 15) is 8.42 Å². The second-order valence-corrected chi connectivity index (χ2v) is 6.18.